The molecular weight excluding hydrogens is 457 g/mol. The average Bonchev–Trinajstić information content (AvgIpc) is 3.21. The van der Waals surface area contributed by atoms with Crippen molar-refractivity contribution >= 4 is 40.4 Å². The molecule has 2 heterocycles. The molecule has 0 aliphatic heterocycles. The standard InChI is InChI=1S/C21H15Cl2N5O2S/c22-15-6-7-17(16(23)10-15)28-18(14-4-2-1-3-5-14)13-31-21(28)27-26-19(29)12-30-20-11-24-8-9-25-20/h1-11,13H,12H2,(H,26,29)/b27-21-. The highest BCUT2D eigenvalue weighted by atomic mass is 35.5. The van der Waals surface area contributed by atoms with Crippen LogP contribution in [0.1, 0.15) is 0 Å². The number of aromatic nitrogens is 3. The highest BCUT2D eigenvalue weighted by molar-refractivity contribution is 7.07. The number of carbonyl (C=O) groups excluding carboxylic acids is 1. The van der Waals surface area contributed by atoms with Gasteiger partial charge in [0.25, 0.3) is 5.91 Å². The fourth-order valence-electron chi connectivity index (χ4n) is 2.74. The van der Waals surface area contributed by atoms with Gasteiger partial charge in [0.1, 0.15) is 0 Å². The molecule has 0 radical (unpaired) electrons. The van der Waals surface area contributed by atoms with Gasteiger partial charge in [-0.05, 0) is 23.8 Å². The van der Waals surface area contributed by atoms with Crippen molar-refractivity contribution in [1.29, 1.82) is 0 Å². The summed E-state index contributed by atoms with van der Waals surface area (Å²) in [7, 11) is 0. The van der Waals surface area contributed by atoms with Gasteiger partial charge < -0.3 is 4.74 Å². The van der Waals surface area contributed by atoms with Gasteiger partial charge in [-0.25, -0.2) is 10.4 Å². The molecule has 4 rings (SSSR count). The topological polar surface area (TPSA) is 81.4 Å². The number of thiazole rings is 1. The third kappa shape index (κ3) is 5.11. The van der Waals surface area contributed by atoms with Crippen LogP contribution in [0.25, 0.3) is 16.9 Å². The summed E-state index contributed by atoms with van der Waals surface area (Å²) in [4.78, 5) is 20.6. The van der Waals surface area contributed by atoms with Gasteiger partial charge >= 0.3 is 0 Å². The molecule has 0 atom stereocenters. The van der Waals surface area contributed by atoms with E-state index in [1.807, 2.05) is 46.3 Å². The van der Waals surface area contributed by atoms with Crippen LogP contribution in [0.15, 0.2) is 77.6 Å². The van der Waals surface area contributed by atoms with E-state index in [2.05, 4.69) is 20.5 Å². The number of rotatable bonds is 6. The van der Waals surface area contributed by atoms with Gasteiger partial charge in [0.05, 0.1) is 22.6 Å². The average molecular weight is 472 g/mol. The summed E-state index contributed by atoms with van der Waals surface area (Å²) in [5, 5.41) is 7.21. The van der Waals surface area contributed by atoms with E-state index in [0.29, 0.717) is 20.5 Å². The molecule has 0 unspecified atom stereocenters. The first kappa shape index (κ1) is 21.0. The van der Waals surface area contributed by atoms with Crippen molar-refractivity contribution in [1.82, 2.24) is 20.0 Å². The minimum atomic E-state index is -0.436. The van der Waals surface area contributed by atoms with E-state index in [1.54, 1.807) is 12.1 Å². The predicted molar refractivity (Wildman–Crippen MR) is 120 cm³/mol. The van der Waals surface area contributed by atoms with Crippen molar-refractivity contribution in [3.05, 3.63) is 87.3 Å². The molecule has 10 heteroatoms. The van der Waals surface area contributed by atoms with E-state index >= 15 is 0 Å². The second-order valence-corrected chi connectivity index (χ2v) is 7.86. The van der Waals surface area contributed by atoms with Crippen LogP contribution in [0.2, 0.25) is 10.0 Å². The molecule has 0 aliphatic rings. The molecule has 2 aromatic carbocycles. The lowest BCUT2D eigenvalue weighted by Crippen LogP contribution is -2.28. The van der Waals surface area contributed by atoms with Gasteiger partial charge in [-0.1, -0.05) is 53.5 Å². The molecule has 0 bridgehead atoms. The maximum Gasteiger partial charge on any atom is 0.278 e. The quantitative estimate of drug-likeness (QED) is 0.424. The minimum absolute atomic E-state index is 0.249. The van der Waals surface area contributed by atoms with Crippen molar-refractivity contribution < 1.29 is 9.53 Å². The smallest absolute Gasteiger partial charge is 0.278 e. The Hall–Kier alpha value is -3.20. The molecule has 4 aromatic rings. The van der Waals surface area contributed by atoms with Crippen molar-refractivity contribution in [3.63, 3.8) is 0 Å². The summed E-state index contributed by atoms with van der Waals surface area (Å²) in [6.07, 6.45) is 4.42. The number of hydrogen-bond acceptors (Lipinski definition) is 6. The number of hydrogen-bond donors (Lipinski definition) is 1. The minimum Gasteiger partial charge on any atom is -0.466 e. The van der Waals surface area contributed by atoms with Crippen molar-refractivity contribution in [2.75, 3.05) is 6.61 Å². The van der Waals surface area contributed by atoms with Gasteiger partial charge in [-0.3, -0.25) is 14.3 Å². The third-order valence-corrected chi connectivity index (χ3v) is 5.46. The Morgan fingerprint density at radius 3 is 2.74 bits per heavy atom. The van der Waals surface area contributed by atoms with Gasteiger partial charge in [-0.2, -0.15) is 0 Å². The van der Waals surface area contributed by atoms with Crippen molar-refractivity contribution in [2.24, 2.45) is 5.10 Å². The van der Waals surface area contributed by atoms with Crippen LogP contribution >= 0.6 is 34.5 Å². The molecule has 1 N–H and O–H groups in total. The SMILES string of the molecule is O=C(COc1cnccn1)N/N=c1\scc(-c2ccccc2)n1-c1ccc(Cl)cc1Cl. The number of ether oxygens (including phenoxy) is 1. The molecular formula is C21H15Cl2N5O2S. The molecule has 0 aliphatic carbocycles. The van der Waals surface area contributed by atoms with E-state index in [-0.39, 0.29) is 12.5 Å². The van der Waals surface area contributed by atoms with Gasteiger partial charge in [0.15, 0.2) is 6.61 Å². The summed E-state index contributed by atoms with van der Waals surface area (Å²) in [5.74, 6) is -0.183. The van der Waals surface area contributed by atoms with E-state index in [9.17, 15) is 4.79 Å². The van der Waals surface area contributed by atoms with E-state index in [0.717, 1.165) is 11.3 Å². The second-order valence-electron chi connectivity index (χ2n) is 6.18. The van der Waals surface area contributed by atoms with Gasteiger partial charge in [0, 0.05) is 22.8 Å². The van der Waals surface area contributed by atoms with Crippen molar-refractivity contribution in [3.8, 4) is 22.8 Å². The van der Waals surface area contributed by atoms with E-state index < -0.39 is 5.91 Å². The molecule has 0 spiro atoms. The molecule has 31 heavy (non-hydrogen) atoms. The molecule has 0 fully saturated rings. The molecule has 1 amide bonds. The highest BCUT2D eigenvalue weighted by Crippen LogP contribution is 2.29. The van der Waals surface area contributed by atoms with Gasteiger partial charge in [0.2, 0.25) is 10.7 Å². The number of nitrogens with one attached hydrogen (secondary N) is 1. The molecule has 2 aromatic heterocycles. The van der Waals surface area contributed by atoms with Crippen LogP contribution in [0.5, 0.6) is 5.88 Å². The summed E-state index contributed by atoms with van der Waals surface area (Å²) in [6.45, 7) is -0.249. The lowest BCUT2D eigenvalue weighted by Gasteiger charge is -2.11. The Kier molecular flexibility index (Phi) is 6.61. The first-order chi connectivity index (χ1) is 15.1. The summed E-state index contributed by atoms with van der Waals surface area (Å²) in [6, 6.07) is 15.0. The zero-order chi connectivity index (χ0) is 21.6. The number of carbonyl (C=O) groups is 1. The zero-order valence-electron chi connectivity index (χ0n) is 15.9. The number of benzene rings is 2. The molecule has 7 nitrogen and oxygen atoms in total. The Morgan fingerprint density at radius 1 is 1.16 bits per heavy atom. The fourth-order valence-corrected chi connectivity index (χ4v) is 4.09. The number of amides is 1. The van der Waals surface area contributed by atoms with E-state index in [1.165, 1.54) is 29.9 Å². The van der Waals surface area contributed by atoms with Crippen LogP contribution in [0, 0.1) is 0 Å². The van der Waals surface area contributed by atoms with Crippen LogP contribution in [0.3, 0.4) is 0 Å². The Bertz CT molecular complexity index is 1260. The third-order valence-electron chi connectivity index (χ3n) is 4.10. The Balaban J connectivity index is 1.65. The Morgan fingerprint density at radius 2 is 2.00 bits per heavy atom. The van der Waals surface area contributed by atoms with E-state index in [4.69, 9.17) is 27.9 Å². The maximum atomic E-state index is 12.2. The fraction of sp³-hybridized carbons (Fsp3) is 0.0476. The Labute approximate surface area is 191 Å². The normalized spacial score (nSPS) is 11.4. The zero-order valence-corrected chi connectivity index (χ0v) is 18.2. The lowest BCUT2D eigenvalue weighted by atomic mass is 10.1. The summed E-state index contributed by atoms with van der Waals surface area (Å²) < 4.78 is 7.16. The van der Waals surface area contributed by atoms with Crippen LogP contribution in [0.4, 0.5) is 0 Å². The van der Waals surface area contributed by atoms with Crippen LogP contribution in [-0.4, -0.2) is 27.0 Å². The number of halogens is 2. The largest absolute Gasteiger partial charge is 0.466 e. The second kappa shape index (κ2) is 9.74. The first-order valence-electron chi connectivity index (χ1n) is 9.04. The van der Waals surface area contributed by atoms with Crippen LogP contribution in [-0.2, 0) is 4.79 Å². The van der Waals surface area contributed by atoms with Gasteiger partial charge in [-0.15, -0.1) is 16.4 Å². The number of nitrogens with zero attached hydrogens (tertiary/aromatic N) is 4. The molecule has 156 valence electrons. The molecule has 0 saturated carbocycles. The first-order valence-corrected chi connectivity index (χ1v) is 10.7. The summed E-state index contributed by atoms with van der Waals surface area (Å²) in [5.41, 5.74) is 5.05. The van der Waals surface area contributed by atoms with Crippen LogP contribution < -0.4 is 15.0 Å². The lowest BCUT2D eigenvalue weighted by molar-refractivity contribution is -0.123. The molecule has 0 saturated heterocycles. The monoisotopic (exact) mass is 471 g/mol. The predicted octanol–water partition coefficient (Wildman–Crippen LogP) is 4.31. The van der Waals surface area contributed by atoms with Crippen molar-refractivity contribution in [2.45, 2.75) is 0 Å². The highest BCUT2D eigenvalue weighted by Gasteiger charge is 2.13. The summed E-state index contributed by atoms with van der Waals surface area (Å²) >= 11 is 13.9. The maximum absolute atomic E-state index is 12.2.